The summed E-state index contributed by atoms with van der Waals surface area (Å²) in [6.07, 6.45) is 10.4. The van der Waals surface area contributed by atoms with E-state index in [0.717, 1.165) is 18.8 Å². The average molecular weight is 278 g/mol. The molecule has 0 aromatic rings. The summed E-state index contributed by atoms with van der Waals surface area (Å²) in [6, 6.07) is 0. The predicted octanol–water partition coefficient (Wildman–Crippen LogP) is 6.09. The largest absolute Gasteiger partial charge is 0.247 e. The van der Waals surface area contributed by atoms with E-state index in [4.69, 9.17) is 0 Å². The normalized spacial score (nSPS) is 34.9. The molecule has 1 heteroatoms. The molecule has 20 heavy (non-hydrogen) atoms. The lowest BCUT2D eigenvalue weighted by Crippen LogP contribution is -2.27. The van der Waals surface area contributed by atoms with Gasteiger partial charge in [-0.05, 0) is 55.8 Å². The summed E-state index contributed by atoms with van der Waals surface area (Å²) >= 11 is 0. The second kappa shape index (κ2) is 6.91. The average Bonchev–Trinajstić information content (AvgIpc) is 2.41. The molecule has 0 fully saturated rings. The molecule has 0 heterocycles. The van der Waals surface area contributed by atoms with Gasteiger partial charge in [-0.2, -0.15) is 0 Å². The van der Waals surface area contributed by atoms with E-state index >= 15 is 0 Å². The van der Waals surface area contributed by atoms with Crippen molar-refractivity contribution in [2.45, 2.75) is 72.4 Å². The highest BCUT2D eigenvalue weighted by Gasteiger charge is 2.32. The van der Waals surface area contributed by atoms with Gasteiger partial charge in [-0.3, -0.25) is 0 Å². The van der Waals surface area contributed by atoms with Gasteiger partial charge < -0.3 is 0 Å². The molecule has 0 N–H and O–H groups in total. The summed E-state index contributed by atoms with van der Waals surface area (Å²) < 4.78 is 13.3. The third kappa shape index (κ3) is 3.54. The van der Waals surface area contributed by atoms with Gasteiger partial charge in [0.25, 0.3) is 0 Å². The molecule has 2 unspecified atom stereocenters. The van der Waals surface area contributed by atoms with E-state index in [-0.39, 0.29) is 0 Å². The first kappa shape index (κ1) is 15.8. The molecule has 0 saturated heterocycles. The Morgan fingerprint density at radius 1 is 1.35 bits per heavy atom. The Bertz CT molecular complexity index is 377. The van der Waals surface area contributed by atoms with Crippen molar-refractivity contribution >= 4 is 0 Å². The Morgan fingerprint density at radius 3 is 2.65 bits per heavy atom. The Labute approximate surface area is 124 Å². The van der Waals surface area contributed by atoms with Crippen LogP contribution in [0.4, 0.5) is 4.39 Å². The third-order valence-corrected chi connectivity index (χ3v) is 5.26. The molecule has 0 amide bonds. The van der Waals surface area contributed by atoms with Crippen LogP contribution in [0.25, 0.3) is 0 Å². The number of halogens is 1. The summed E-state index contributed by atoms with van der Waals surface area (Å²) in [7, 11) is 0. The zero-order chi connectivity index (χ0) is 14.7. The molecule has 2 rings (SSSR count). The van der Waals surface area contributed by atoms with E-state index in [0.29, 0.717) is 24.2 Å². The Hall–Kier alpha value is -0.590. The van der Waals surface area contributed by atoms with E-state index in [1.807, 2.05) is 0 Å². The van der Waals surface area contributed by atoms with Crippen LogP contribution in [0.5, 0.6) is 0 Å². The molecular formula is C19H31F. The van der Waals surface area contributed by atoms with Crippen molar-refractivity contribution in [1.82, 2.24) is 0 Å². The van der Waals surface area contributed by atoms with Gasteiger partial charge in [0.05, 0.1) is 0 Å². The lowest BCUT2D eigenvalue weighted by Gasteiger charge is -2.38. The van der Waals surface area contributed by atoms with Crippen molar-refractivity contribution in [2.24, 2.45) is 23.7 Å². The van der Waals surface area contributed by atoms with Crippen LogP contribution in [-0.4, -0.2) is 6.17 Å². The van der Waals surface area contributed by atoms with Crippen molar-refractivity contribution in [1.29, 1.82) is 0 Å². The summed E-state index contributed by atoms with van der Waals surface area (Å²) in [4.78, 5) is 0. The minimum Gasteiger partial charge on any atom is -0.247 e. The zero-order valence-electron chi connectivity index (χ0n) is 13.7. The quantitative estimate of drug-likeness (QED) is 0.546. The van der Waals surface area contributed by atoms with Gasteiger partial charge in [0.2, 0.25) is 0 Å². The lowest BCUT2D eigenvalue weighted by molar-refractivity contribution is 0.276. The maximum Gasteiger partial charge on any atom is 0.104 e. The summed E-state index contributed by atoms with van der Waals surface area (Å²) in [5.41, 5.74) is 3.22. The molecule has 0 aromatic carbocycles. The second-order valence-corrected chi connectivity index (χ2v) is 7.16. The lowest BCUT2D eigenvalue weighted by atomic mass is 9.67. The molecule has 0 bridgehead atoms. The van der Waals surface area contributed by atoms with Gasteiger partial charge in [0.1, 0.15) is 6.17 Å². The van der Waals surface area contributed by atoms with Crippen molar-refractivity contribution in [3.05, 3.63) is 23.3 Å². The van der Waals surface area contributed by atoms with Crippen LogP contribution in [0.2, 0.25) is 0 Å². The van der Waals surface area contributed by atoms with Crippen molar-refractivity contribution in [3.8, 4) is 0 Å². The van der Waals surface area contributed by atoms with E-state index in [2.05, 4.69) is 39.8 Å². The van der Waals surface area contributed by atoms with Gasteiger partial charge in [-0.15, -0.1) is 0 Å². The highest BCUT2D eigenvalue weighted by Crippen LogP contribution is 2.43. The topological polar surface area (TPSA) is 0 Å². The summed E-state index contributed by atoms with van der Waals surface area (Å²) in [6.45, 7) is 9.31. The second-order valence-electron chi connectivity index (χ2n) is 7.16. The van der Waals surface area contributed by atoms with Gasteiger partial charge in [-0.1, -0.05) is 57.4 Å². The van der Waals surface area contributed by atoms with Gasteiger partial charge in [0.15, 0.2) is 0 Å². The molecule has 0 saturated carbocycles. The molecule has 0 aromatic heterocycles. The maximum atomic E-state index is 13.3. The highest BCUT2D eigenvalue weighted by molar-refractivity contribution is 5.22. The first-order valence-corrected chi connectivity index (χ1v) is 8.57. The Morgan fingerprint density at radius 2 is 2.10 bits per heavy atom. The first-order chi connectivity index (χ1) is 9.52. The Balaban J connectivity index is 2.16. The Kier molecular flexibility index (Phi) is 5.46. The molecule has 4 atom stereocenters. The van der Waals surface area contributed by atoms with Crippen molar-refractivity contribution in [2.75, 3.05) is 0 Å². The van der Waals surface area contributed by atoms with E-state index in [1.54, 1.807) is 11.1 Å². The minimum atomic E-state index is -0.592. The summed E-state index contributed by atoms with van der Waals surface area (Å²) in [5.74, 6) is 2.72. The minimum absolute atomic E-state index is 0.592. The number of hydrogen-bond donors (Lipinski definition) is 0. The zero-order valence-corrected chi connectivity index (χ0v) is 13.7. The van der Waals surface area contributed by atoms with Crippen LogP contribution >= 0.6 is 0 Å². The number of rotatable bonds is 4. The van der Waals surface area contributed by atoms with Crippen molar-refractivity contribution in [3.63, 3.8) is 0 Å². The maximum absolute atomic E-state index is 13.3. The summed E-state index contributed by atoms with van der Waals surface area (Å²) in [5, 5.41) is 0. The van der Waals surface area contributed by atoms with Crippen LogP contribution in [0.3, 0.4) is 0 Å². The smallest absolute Gasteiger partial charge is 0.104 e. The van der Waals surface area contributed by atoms with Crippen LogP contribution in [0.15, 0.2) is 23.3 Å². The molecule has 0 radical (unpaired) electrons. The number of alkyl halides is 1. The van der Waals surface area contributed by atoms with E-state index in [1.165, 1.54) is 19.3 Å². The van der Waals surface area contributed by atoms with Crippen LogP contribution in [0.1, 0.15) is 66.2 Å². The van der Waals surface area contributed by atoms with E-state index in [9.17, 15) is 4.39 Å². The monoisotopic (exact) mass is 278 g/mol. The van der Waals surface area contributed by atoms with Gasteiger partial charge in [0, 0.05) is 0 Å². The van der Waals surface area contributed by atoms with Crippen LogP contribution in [0, 0.1) is 23.7 Å². The first-order valence-electron chi connectivity index (χ1n) is 8.57. The molecule has 0 spiro atoms. The molecule has 114 valence electrons. The molecule has 2 aliphatic carbocycles. The fourth-order valence-corrected chi connectivity index (χ4v) is 4.16. The predicted molar refractivity (Wildman–Crippen MR) is 85.4 cm³/mol. The molecule has 0 nitrogen and oxygen atoms in total. The van der Waals surface area contributed by atoms with Gasteiger partial charge >= 0.3 is 0 Å². The molecular weight excluding hydrogens is 247 g/mol. The van der Waals surface area contributed by atoms with Crippen LogP contribution in [-0.2, 0) is 0 Å². The SMILES string of the molecule is CCC[C@H]1CC(C2=CCC(F)CC2)[C@@H](C)C=C1C(C)C. The highest BCUT2D eigenvalue weighted by atomic mass is 19.1. The fourth-order valence-electron chi connectivity index (χ4n) is 4.16. The molecule has 2 aliphatic rings. The number of hydrogen-bond acceptors (Lipinski definition) is 0. The fraction of sp³-hybridized carbons (Fsp3) is 0.789. The van der Waals surface area contributed by atoms with Crippen LogP contribution < -0.4 is 0 Å². The van der Waals surface area contributed by atoms with E-state index < -0.39 is 6.17 Å². The number of allylic oxidation sites excluding steroid dienone is 4. The molecule has 0 aliphatic heterocycles. The third-order valence-electron chi connectivity index (χ3n) is 5.26. The standard InChI is InChI=1S/C19H31F/c1-5-6-16-12-19(14(4)11-18(16)13(2)3)15-7-9-17(20)10-8-15/h7,11,13-14,16-17,19H,5-6,8-10,12H2,1-4H3/t14-,16-,17?,19?/m0/s1. The van der Waals surface area contributed by atoms with Gasteiger partial charge in [-0.25, -0.2) is 4.39 Å². The van der Waals surface area contributed by atoms with Crippen molar-refractivity contribution < 1.29 is 4.39 Å².